The molecule has 1 aromatic carbocycles. The predicted octanol–water partition coefficient (Wildman–Crippen LogP) is 1.81. The molecule has 1 N–H and O–H groups in total. The molecule has 7 nitrogen and oxygen atoms in total. The Labute approximate surface area is 146 Å². The standard InChI is InChI=1S/C15H14N4O3S2/c1-2-23-15-18-17-14(24-15)16-11(20)8-19-12(21)7-9-5-3-4-6-10(9)13(19)22/h3-6H,2,7-8H2,1H3,(H,16,17,20). The van der Waals surface area contributed by atoms with Gasteiger partial charge in [-0.3, -0.25) is 24.6 Å². The largest absolute Gasteiger partial charge is 0.299 e. The van der Waals surface area contributed by atoms with Crippen LogP contribution in [0.25, 0.3) is 0 Å². The molecule has 0 fully saturated rings. The lowest BCUT2D eigenvalue weighted by molar-refractivity contribution is -0.131. The molecule has 3 amide bonds. The van der Waals surface area contributed by atoms with Gasteiger partial charge in [0, 0.05) is 5.56 Å². The molecule has 1 aromatic heterocycles. The summed E-state index contributed by atoms with van der Waals surface area (Å²) < 4.78 is 0.756. The SMILES string of the molecule is CCSc1nnc(NC(=O)CN2C(=O)Cc3ccccc3C2=O)s1. The second-order valence-electron chi connectivity index (χ2n) is 4.97. The van der Waals surface area contributed by atoms with Gasteiger partial charge in [-0.1, -0.05) is 48.2 Å². The zero-order valence-electron chi connectivity index (χ0n) is 12.8. The molecule has 24 heavy (non-hydrogen) atoms. The van der Waals surface area contributed by atoms with E-state index in [-0.39, 0.29) is 18.9 Å². The summed E-state index contributed by atoms with van der Waals surface area (Å²) in [6.07, 6.45) is 0.116. The first-order chi connectivity index (χ1) is 11.6. The number of fused-ring (bicyclic) bond motifs is 1. The molecular weight excluding hydrogens is 348 g/mol. The van der Waals surface area contributed by atoms with Crippen molar-refractivity contribution in [2.45, 2.75) is 17.7 Å². The van der Waals surface area contributed by atoms with Gasteiger partial charge in [-0.15, -0.1) is 10.2 Å². The minimum absolute atomic E-state index is 0.116. The summed E-state index contributed by atoms with van der Waals surface area (Å²) in [6.45, 7) is 1.66. The molecule has 0 saturated heterocycles. The number of aromatic nitrogens is 2. The van der Waals surface area contributed by atoms with Crippen molar-refractivity contribution in [1.82, 2.24) is 15.1 Å². The van der Waals surface area contributed by atoms with E-state index in [9.17, 15) is 14.4 Å². The summed E-state index contributed by atoms with van der Waals surface area (Å²) >= 11 is 2.79. The quantitative estimate of drug-likeness (QED) is 0.495. The highest BCUT2D eigenvalue weighted by molar-refractivity contribution is 8.01. The van der Waals surface area contributed by atoms with Gasteiger partial charge in [0.2, 0.25) is 16.9 Å². The smallest absolute Gasteiger partial charge is 0.261 e. The lowest BCUT2D eigenvalue weighted by Gasteiger charge is -2.25. The Morgan fingerprint density at radius 3 is 2.92 bits per heavy atom. The van der Waals surface area contributed by atoms with Crippen LogP contribution in [-0.2, 0) is 16.0 Å². The molecule has 0 saturated carbocycles. The van der Waals surface area contributed by atoms with E-state index >= 15 is 0 Å². The van der Waals surface area contributed by atoms with E-state index in [0.29, 0.717) is 16.3 Å². The number of hydrogen-bond donors (Lipinski definition) is 1. The van der Waals surface area contributed by atoms with Gasteiger partial charge in [0.1, 0.15) is 6.54 Å². The maximum absolute atomic E-state index is 12.4. The van der Waals surface area contributed by atoms with Crippen molar-refractivity contribution >= 4 is 46.0 Å². The van der Waals surface area contributed by atoms with Gasteiger partial charge in [0.05, 0.1) is 6.42 Å². The fourth-order valence-corrected chi connectivity index (χ4v) is 3.97. The number of hydrogen-bond acceptors (Lipinski definition) is 7. The highest BCUT2D eigenvalue weighted by Gasteiger charge is 2.32. The minimum Gasteiger partial charge on any atom is -0.299 e. The van der Waals surface area contributed by atoms with Crippen LogP contribution in [0.5, 0.6) is 0 Å². The van der Waals surface area contributed by atoms with Crippen LogP contribution in [0.3, 0.4) is 0 Å². The van der Waals surface area contributed by atoms with Crippen LogP contribution in [0.4, 0.5) is 5.13 Å². The number of anilines is 1. The third-order valence-electron chi connectivity index (χ3n) is 3.36. The predicted molar refractivity (Wildman–Crippen MR) is 91.1 cm³/mol. The number of benzene rings is 1. The van der Waals surface area contributed by atoms with Gasteiger partial charge >= 0.3 is 0 Å². The summed E-state index contributed by atoms with van der Waals surface area (Å²) in [5, 5.41) is 10.7. The van der Waals surface area contributed by atoms with Crippen molar-refractivity contribution < 1.29 is 14.4 Å². The Hall–Kier alpha value is -2.26. The Morgan fingerprint density at radius 1 is 1.33 bits per heavy atom. The van der Waals surface area contributed by atoms with Gasteiger partial charge in [0.15, 0.2) is 4.34 Å². The summed E-state index contributed by atoms with van der Waals surface area (Å²) in [7, 11) is 0. The summed E-state index contributed by atoms with van der Waals surface area (Å²) in [5.41, 5.74) is 1.15. The average Bonchev–Trinajstić information content (AvgIpc) is 2.99. The second-order valence-corrected chi connectivity index (χ2v) is 7.46. The highest BCUT2D eigenvalue weighted by Crippen LogP contribution is 2.25. The molecule has 124 valence electrons. The number of nitrogens with zero attached hydrogens (tertiary/aromatic N) is 3. The molecule has 1 aliphatic rings. The number of thioether (sulfide) groups is 1. The van der Waals surface area contributed by atoms with E-state index in [2.05, 4.69) is 15.5 Å². The van der Waals surface area contributed by atoms with Crippen LogP contribution < -0.4 is 5.32 Å². The normalized spacial score (nSPS) is 13.8. The van der Waals surface area contributed by atoms with E-state index < -0.39 is 11.8 Å². The zero-order chi connectivity index (χ0) is 17.1. The van der Waals surface area contributed by atoms with Crippen molar-refractivity contribution in [1.29, 1.82) is 0 Å². The molecule has 0 aliphatic carbocycles. The Balaban J connectivity index is 1.67. The van der Waals surface area contributed by atoms with E-state index in [4.69, 9.17) is 0 Å². The first-order valence-electron chi connectivity index (χ1n) is 7.27. The molecule has 2 heterocycles. The van der Waals surface area contributed by atoms with Crippen molar-refractivity contribution in [3.8, 4) is 0 Å². The molecule has 0 atom stereocenters. The zero-order valence-corrected chi connectivity index (χ0v) is 14.4. The average molecular weight is 362 g/mol. The number of imide groups is 1. The van der Waals surface area contributed by atoms with Gasteiger partial charge in [-0.25, -0.2) is 0 Å². The third-order valence-corrected chi connectivity index (χ3v) is 5.21. The topological polar surface area (TPSA) is 92.3 Å². The Bertz CT molecular complexity index is 806. The fraction of sp³-hybridized carbons (Fsp3) is 0.267. The molecule has 9 heteroatoms. The number of rotatable bonds is 5. The molecule has 0 spiro atoms. The minimum atomic E-state index is -0.472. The molecular formula is C15H14N4O3S2. The molecule has 2 aromatic rings. The summed E-state index contributed by atoms with van der Waals surface area (Å²) in [6, 6.07) is 6.92. The maximum atomic E-state index is 12.4. The fourth-order valence-electron chi connectivity index (χ4n) is 2.30. The Kier molecular flexibility index (Phi) is 4.91. The van der Waals surface area contributed by atoms with E-state index in [1.54, 1.807) is 24.3 Å². The molecule has 1 aliphatic heterocycles. The van der Waals surface area contributed by atoms with Gasteiger partial charge in [-0.2, -0.15) is 0 Å². The lowest BCUT2D eigenvalue weighted by Crippen LogP contribution is -2.46. The highest BCUT2D eigenvalue weighted by atomic mass is 32.2. The first kappa shape index (κ1) is 16.6. The van der Waals surface area contributed by atoms with Crippen LogP contribution >= 0.6 is 23.1 Å². The van der Waals surface area contributed by atoms with Crippen molar-refractivity contribution in [2.24, 2.45) is 0 Å². The van der Waals surface area contributed by atoms with Gasteiger partial charge in [0.25, 0.3) is 5.91 Å². The number of amides is 3. The number of carbonyl (C=O) groups is 3. The Morgan fingerprint density at radius 2 is 2.12 bits per heavy atom. The second kappa shape index (κ2) is 7.10. The van der Waals surface area contributed by atoms with E-state index in [1.165, 1.54) is 23.1 Å². The molecule has 0 bridgehead atoms. The van der Waals surface area contributed by atoms with Crippen molar-refractivity contribution in [3.63, 3.8) is 0 Å². The number of carbonyl (C=O) groups excluding carboxylic acids is 3. The summed E-state index contributed by atoms with van der Waals surface area (Å²) in [5.74, 6) is -0.441. The lowest BCUT2D eigenvalue weighted by atomic mass is 9.98. The first-order valence-corrected chi connectivity index (χ1v) is 9.07. The van der Waals surface area contributed by atoms with Crippen molar-refractivity contribution in [2.75, 3.05) is 17.6 Å². The van der Waals surface area contributed by atoms with Crippen molar-refractivity contribution in [3.05, 3.63) is 35.4 Å². The molecule has 0 unspecified atom stereocenters. The maximum Gasteiger partial charge on any atom is 0.261 e. The van der Waals surface area contributed by atoms with Crippen LogP contribution in [0.1, 0.15) is 22.8 Å². The molecule has 3 rings (SSSR count). The van der Waals surface area contributed by atoms with E-state index in [1.807, 2.05) is 6.92 Å². The van der Waals surface area contributed by atoms with Crippen LogP contribution in [0, 0.1) is 0 Å². The third kappa shape index (κ3) is 3.46. The van der Waals surface area contributed by atoms with Crippen LogP contribution in [0.2, 0.25) is 0 Å². The number of nitrogens with one attached hydrogen (secondary N) is 1. The van der Waals surface area contributed by atoms with Gasteiger partial charge in [-0.05, 0) is 17.4 Å². The van der Waals surface area contributed by atoms with E-state index in [0.717, 1.165) is 15.0 Å². The van der Waals surface area contributed by atoms with Crippen LogP contribution in [-0.4, -0.2) is 45.1 Å². The summed E-state index contributed by atoms with van der Waals surface area (Å²) in [4.78, 5) is 37.6. The van der Waals surface area contributed by atoms with Gasteiger partial charge < -0.3 is 0 Å². The monoisotopic (exact) mass is 362 g/mol. The molecule has 0 radical (unpaired) electrons. The van der Waals surface area contributed by atoms with Crippen LogP contribution in [0.15, 0.2) is 28.6 Å².